The summed E-state index contributed by atoms with van der Waals surface area (Å²) < 4.78 is 45.6. The van der Waals surface area contributed by atoms with Gasteiger partial charge in [-0.05, 0) is 49.2 Å². The Hall–Kier alpha value is -2.45. The Labute approximate surface area is 164 Å². The first-order valence-corrected chi connectivity index (χ1v) is 10.6. The van der Waals surface area contributed by atoms with Crippen LogP contribution >= 0.6 is 0 Å². The van der Waals surface area contributed by atoms with Crippen molar-refractivity contribution >= 4 is 21.6 Å². The fourth-order valence-corrected chi connectivity index (χ4v) is 5.06. The van der Waals surface area contributed by atoms with Crippen LogP contribution in [-0.2, 0) is 14.8 Å². The molecule has 28 heavy (non-hydrogen) atoms. The minimum Gasteiger partial charge on any atom is -0.497 e. The lowest BCUT2D eigenvalue weighted by Gasteiger charge is -2.34. The van der Waals surface area contributed by atoms with Crippen LogP contribution in [0.25, 0.3) is 0 Å². The van der Waals surface area contributed by atoms with Crippen molar-refractivity contribution in [3.05, 3.63) is 54.3 Å². The van der Waals surface area contributed by atoms with Gasteiger partial charge in [-0.2, -0.15) is 4.31 Å². The third-order valence-electron chi connectivity index (χ3n) is 4.77. The van der Waals surface area contributed by atoms with Gasteiger partial charge in [0.25, 0.3) is 0 Å². The summed E-state index contributed by atoms with van der Waals surface area (Å²) in [4.78, 5) is 12.5. The number of nitrogens with zero attached hydrogens (tertiary/aromatic N) is 1. The molecule has 1 aliphatic rings. The monoisotopic (exact) mass is 406 g/mol. The van der Waals surface area contributed by atoms with Gasteiger partial charge in [-0.3, -0.25) is 4.79 Å². The number of rotatable bonds is 6. The third-order valence-corrected chi connectivity index (χ3v) is 6.73. The van der Waals surface area contributed by atoms with E-state index in [0.717, 1.165) is 25.0 Å². The molecule has 2 aromatic rings. The molecule has 8 heteroatoms. The quantitative estimate of drug-likeness (QED) is 0.798. The summed E-state index contributed by atoms with van der Waals surface area (Å²) in [5, 5.41) is 2.79. The van der Waals surface area contributed by atoms with Crippen molar-refractivity contribution in [1.29, 1.82) is 0 Å². The molecule has 150 valence electrons. The van der Waals surface area contributed by atoms with E-state index in [4.69, 9.17) is 4.74 Å². The summed E-state index contributed by atoms with van der Waals surface area (Å²) in [7, 11) is -2.25. The van der Waals surface area contributed by atoms with Crippen molar-refractivity contribution in [2.75, 3.05) is 19.0 Å². The molecule has 0 unspecified atom stereocenters. The topological polar surface area (TPSA) is 75.7 Å². The first kappa shape index (κ1) is 20.3. The number of benzene rings is 2. The van der Waals surface area contributed by atoms with Crippen molar-refractivity contribution < 1.29 is 22.3 Å². The van der Waals surface area contributed by atoms with Gasteiger partial charge in [-0.25, -0.2) is 12.8 Å². The van der Waals surface area contributed by atoms with Crippen molar-refractivity contribution in [1.82, 2.24) is 4.31 Å². The lowest BCUT2D eigenvalue weighted by Crippen LogP contribution is -2.45. The zero-order valence-corrected chi connectivity index (χ0v) is 16.4. The molecule has 0 aromatic heterocycles. The maximum atomic E-state index is 13.2. The number of methoxy groups -OCH3 is 1. The van der Waals surface area contributed by atoms with Gasteiger partial charge in [0.2, 0.25) is 15.9 Å². The average molecular weight is 406 g/mol. The van der Waals surface area contributed by atoms with Gasteiger partial charge in [0.15, 0.2) is 0 Å². The summed E-state index contributed by atoms with van der Waals surface area (Å²) in [6.07, 6.45) is 2.24. The predicted octanol–water partition coefficient (Wildman–Crippen LogP) is 3.41. The Balaban J connectivity index is 1.73. The standard InChI is InChI=1S/C20H23FN2O4S/c1-27-18-7-4-5-16(13-18)22-20(24)14-17-6-2-3-12-23(17)28(25,26)19-10-8-15(21)9-11-19/h4-5,7-11,13,17H,2-3,6,12,14H2,1H3,(H,22,24)/t17-/m1/s1. The molecular weight excluding hydrogens is 383 g/mol. The molecule has 0 saturated carbocycles. The highest BCUT2D eigenvalue weighted by Crippen LogP contribution is 2.28. The van der Waals surface area contributed by atoms with Crippen LogP contribution in [0.2, 0.25) is 0 Å². The highest BCUT2D eigenvalue weighted by molar-refractivity contribution is 7.89. The molecule has 1 amide bonds. The van der Waals surface area contributed by atoms with E-state index in [2.05, 4.69) is 5.32 Å². The summed E-state index contributed by atoms with van der Waals surface area (Å²) in [6.45, 7) is 0.344. The first-order chi connectivity index (χ1) is 13.4. The number of anilines is 1. The number of amides is 1. The zero-order chi connectivity index (χ0) is 20.1. The number of sulfonamides is 1. The van der Waals surface area contributed by atoms with E-state index < -0.39 is 21.9 Å². The molecule has 2 aromatic carbocycles. The van der Waals surface area contributed by atoms with E-state index in [1.807, 2.05) is 0 Å². The summed E-state index contributed by atoms with van der Waals surface area (Å²) in [6, 6.07) is 11.3. The Morgan fingerprint density at radius 1 is 1.21 bits per heavy atom. The van der Waals surface area contributed by atoms with Crippen LogP contribution in [-0.4, -0.2) is 38.3 Å². The number of halogens is 1. The number of nitrogens with one attached hydrogen (secondary N) is 1. The van der Waals surface area contributed by atoms with Crippen LogP contribution < -0.4 is 10.1 Å². The van der Waals surface area contributed by atoms with Gasteiger partial charge in [-0.1, -0.05) is 12.5 Å². The van der Waals surface area contributed by atoms with Gasteiger partial charge in [-0.15, -0.1) is 0 Å². The van der Waals surface area contributed by atoms with E-state index in [1.54, 1.807) is 31.4 Å². The fourth-order valence-electron chi connectivity index (χ4n) is 3.36. The van der Waals surface area contributed by atoms with E-state index in [0.29, 0.717) is 24.4 Å². The Kier molecular flexibility index (Phi) is 6.31. The van der Waals surface area contributed by atoms with Gasteiger partial charge in [0.1, 0.15) is 11.6 Å². The maximum Gasteiger partial charge on any atom is 0.243 e. The van der Waals surface area contributed by atoms with Crippen LogP contribution in [0, 0.1) is 5.82 Å². The maximum absolute atomic E-state index is 13.2. The molecule has 0 bridgehead atoms. The molecule has 0 aliphatic carbocycles. The first-order valence-electron chi connectivity index (χ1n) is 9.11. The van der Waals surface area contributed by atoms with E-state index in [1.165, 1.54) is 16.4 Å². The highest BCUT2D eigenvalue weighted by atomic mass is 32.2. The van der Waals surface area contributed by atoms with E-state index in [-0.39, 0.29) is 17.2 Å². The lowest BCUT2D eigenvalue weighted by molar-refractivity contribution is -0.117. The minimum atomic E-state index is -3.79. The largest absolute Gasteiger partial charge is 0.497 e. The van der Waals surface area contributed by atoms with E-state index >= 15 is 0 Å². The lowest BCUT2D eigenvalue weighted by atomic mass is 10.0. The van der Waals surface area contributed by atoms with E-state index in [9.17, 15) is 17.6 Å². The van der Waals surface area contributed by atoms with Crippen molar-refractivity contribution in [2.45, 2.75) is 36.6 Å². The van der Waals surface area contributed by atoms with Gasteiger partial charge in [0.05, 0.1) is 12.0 Å². The number of ether oxygens (including phenoxy) is 1. The Morgan fingerprint density at radius 3 is 2.68 bits per heavy atom. The van der Waals surface area contributed by atoms with Crippen molar-refractivity contribution in [2.24, 2.45) is 0 Å². The second-order valence-corrected chi connectivity index (χ2v) is 8.59. The smallest absolute Gasteiger partial charge is 0.243 e. The molecular formula is C20H23FN2O4S. The van der Waals surface area contributed by atoms with Gasteiger partial charge < -0.3 is 10.1 Å². The molecule has 6 nitrogen and oxygen atoms in total. The predicted molar refractivity (Wildman–Crippen MR) is 104 cm³/mol. The molecule has 1 heterocycles. The number of hydrogen-bond donors (Lipinski definition) is 1. The second-order valence-electron chi connectivity index (χ2n) is 6.70. The van der Waals surface area contributed by atoms with Crippen LogP contribution in [0.4, 0.5) is 10.1 Å². The molecule has 3 rings (SSSR count). The van der Waals surface area contributed by atoms with Crippen molar-refractivity contribution in [3.63, 3.8) is 0 Å². The Bertz CT molecular complexity index is 931. The number of piperidine rings is 1. The van der Waals surface area contributed by atoms with Crippen molar-refractivity contribution in [3.8, 4) is 5.75 Å². The summed E-state index contributed by atoms with van der Waals surface area (Å²) in [5.74, 6) is -0.137. The van der Waals surface area contributed by atoms with Crippen LogP contribution in [0.15, 0.2) is 53.4 Å². The summed E-state index contributed by atoms with van der Waals surface area (Å²) in [5.41, 5.74) is 0.591. The zero-order valence-electron chi connectivity index (χ0n) is 15.6. The van der Waals surface area contributed by atoms with Gasteiger partial charge >= 0.3 is 0 Å². The van der Waals surface area contributed by atoms with Gasteiger partial charge in [0, 0.05) is 30.8 Å². The SMILES string of the molecule is COc1cccc(NC(=O)C[C@H]2CCCCN2S(=O)(=O)c2ccc(F)cc2)c1. The molecule has 1 fully saturated rings. The highest BCUT2D eigenvalue weighted by Gasteiger charge is 2.34. The molecule has 0 radical (unpaired) electrons. The van der Waals surface area contributed by atoms with Crippen LogP contribution in [0.1, 0.15) is 25.7 Å². The molecule has 1 aliphatic heterocycles. The minimum absolute atomic E-state index is 0.0361. The molecule has 1 atom stereocenters. The normalized spacial score (nSPS) is 17.9. The fraction of sp³-hybridized carbons (Fsp3) is 0.350. The average Bonchev–Trinajstić information content (AvgIpc) is 2.68. The summed E-state index contributed by atoms with van der Waals surface area (Å²) >= 11 is 0. The number of carbonyl (C=O) groups is 1. The third kappa shape index (κ3) is 4.69. The van der Waals surface area contributed by atoms with Crippen LogP contribution in [0.5, 0.6) is 5.75 Å². The molecule has 1 saturated heterocycles. The molecule has 0 spiro atoms. The second kappa shape index (κ2) is 8.70. The Morgan fingerprint density at radius 2 is 1.96 bits per heavy atom. The number of hydrogen-bond acceptors (Lipinski definition) is 4. The van der Waals surface area contributed by atoms with Crippen LogP contribution in [0.3, 0.4) is 0 Å². The molecule has 1 N–H and O–H groups in total. The number of carbonyl (C=O) groups excluding carboxylic acids is 1.